The van der Waals surface area contributed by atoms with E-state index in [-0.39, 0.29) is 30.4 Å². The molecule has 13 nitrogen and oxygen atoms in total. The van der Waals surface area contributed by atoms with Crippen molar-refractivity contribution in [3.05, 3.63) is 59.7 Å². The number of carbonyl (C=O) groups is 2. The van der Waals surface area contributed by atoms with Crippen LogP contribution in [0.15, 0.2) is 48.5 Å². The molecule has 2 amide bonds. The van der Waals surface area contributed by atoms with Crippen LogP contribution in [0.5, 0.6) is 5.75 Å². The summed E-state index contributed by atoms with van der Waals surface area (Å²) in [7, 11) is 0. The predicted molar refractivity (Wildman–Crippen MR) is 154 cm³/mol. The minimum absolute atomic E-state index is 0.00107. The second kappa shape index (κ2) is 13.6. The topological polar surface area (TPSA) is 209 Å². The van der Waals surface area contributed by atoms with Gasteiger partial charge in [0.05, 0.1) is 25.4 Å². The SMILES string of the molecule is NC1NC1c1cccc(NC(C(=O)NCC(=O)N2CCSCC2)c2ccccc2OC2OC(CO)C(O)C(O)C2O)c1. The highest BCUT2D eigenvalue weighted by molar-refractivity contribution is 7.99. The van der Waals surface area contributed by atoms with Crippen molar-refractivity contribution in [3.63, 3.8) is 0 Å². The number of benzene rings is 2. The summed E-state index contributed by atoms with van der Waals surface area (Å²) < 4.78 is 11.5. The number of nitrogens with two attached hydrogens (primary N) is 1. The molecule has 3 heterocycles. The zero-order valence-electron chi connectivity index (χ0n) is 22.8. The number of nitrogens with zero attached hydrogens (tertiary/aromatic N) is 1. The van der Waals surface area contributed by atoms with Crippen molar-refractivity contribution in [1.82, 2.24) is 15.5 Å². The summed E-state index contributed by atoms with van der Waals surface area (Å²) in [5.41, 5.74) is 7.87. The molecule has 3 aliphatic rings. The van der Waals surface area contributed by atoms with Crippen molar-refractivity contribution < 1.29 is 39.5 Å². The maximum Gasteiger partial charge on any atom is 0.247 e. The van der Waals surface area contributed by atoms with E-state index in [4.69, 9.17) is 15.2 Å². The van der Waals surface area contributed by atoms with Crippen LogP contribution in [0.1, 0.15) is 23.2 Å². The van der Waals surface area contributed by atoms with Crippen molar-refractivity contribution in [2.45, 2.75) is 49.0 Å². The summed E-state index contributed by atoms with van der Waals surface area (Å²) >= 11 is 1.78. The van der Waals surface area contributed by atoms with Gasteiger partial charge in [0.1, 0.15) is 36.2 Å². The number of rotatable bonds is 10. The van der Waals surface area contributed by atoms with Crippen LogP contribution < -0.4 is 26.4 Å². The van der Waals surface area contributed by atoms with E-state index in [1.165, 1.54) is 0 Å². The van der Waals surface area contributed by atoms with Crippen molar-refractivity contribution in [2.75, 3.05) is 43.1 Å². The van der Waals surface area contributed by atoms with Gasteiger partial charge in [-0.3, -0.25) is 14.9 Å². The Labute approximate surface area is 247 Å². The summed E-state index contributed by atoms with van der Waals surface area (Å²) in [4.78, 5) is 28.2. The summed E-state index contributed by atoms with van der Waals surface area (Å²) in [6.45, 7) is 0.457. The number of para-hydroxylation sites is 1. The zero-order chi connectivity index (χ0) is 29.8. The lowest BCUT2D eigenvalue weighted by Crippen LogP contribution is -2.60. The third kappa shape index (κ3) is 6.98. The third-order valence-corrected chi connectivity index (χ3v) is 8.48. The zero-order valence-corrected chi connectivity index (χ0v) is 23.7. The molecule has 8 atom stereocenters. The van der Waals surface area contributed by atoms with E-state index < -0.39 is 49.3 Å². The molecule has 42 heavy (non-hydrogen) atoms. The summed E-state index contributed by atoms with van der Waals surface area (Å²) in [6.07, 6.45) is -7.57. The van der Waals surface area contributed by atoms with Gasteiger partial charge in [-0.25, -0.2) is 0 Å². The van der Waals surface area contributed by atoms with Crippen molar-refractivity contribution in [3.8, 4) is 5.75 Å². The van der Waals surface area contributed by atoms with E-state index in [0.29, 0.717) is 24.3 Å². The number of aliphatic hydroxyl groups excluding tert-OH is 4. The quantitative estimate of drug-likeness (QED) is 0.148. The minimum Gasteiger partial charge on any atom is -0.462 e. The molecule has 0 bridgehead atoms. The normalized spacial score (nSPS) is 29.8. The van der Waals surface area contributed by atoms with Crippen molar-refractivity contribution in [2.24, 2.45) is 5.73 Å². The molecule has 5 rings (SSSR count). The predicted octanol–water partition coefficient (Wildman–Crippen LogP) is -1.36. The third-order valence-electron chi connectivity index (χ3n) is 7.54. The number of aliphatic hydroxyl groups is 4. The van der Waals surface area contributed by atoms with Crippen LogP contribution in [-0.2, 0) is 14.3 Å². The number of anilines is 1. The monoisotopic (exact) mass is 603 g/mol. The van der Waals surface area contributed by atoms with E-state index in [2.05, 4.69) is 16.0 Å². The molecule has 0 saturated carbocycles. The molecule has 2 aromatic rings. The lowest BCUT2D eigenvalue weighted by molar-refractivity contribution is -0.277. The van der Waals surface area contributed by atoms with Gasteiger partial charge in [-0.2, -0.15) is 11.8 Å². The summed E-state index contributed by atoms with van der Waals surface area (Å²) in [5.74, 6) is 1.18. The highest BCUT2D eigenvalue weighted by atomic mass is 32.2. The number of nitrogens with one attached hydrogen (secondary N) is 3. The molecule has 3 aliphatic heterocycles. The molecule has 0 radical (unpaired) electrons. The van der Waals surface area contributed by atoms with Gasteiger partial charge in [-0.1, -0.05) is 30.3 Å². The average Bonchev–Trinajstić information content (AvgIpc) is 3.76. The minimum atomic E-state index is -1.64. The first kappa shape index (κ1) is 30.5. The second-order valence-corrected chi connectivity index (χ2v) is 11.7. The first-order chi connectivity index (χ1) is 20.3. The second-order valence-electron chi connectivity index (χ2n) is 10.4. The standard InChI is InChI=1S/C28H37N5O8S/c29-26-21(32-26)15-4-3-5-16(12-15)31-22(27(39)30-13-20(35)33-8-10-42-11-9-33)17-6-1-2-7-18(17)40-28-25(38)24(37)23(36)19(14-34)41-28/h1-7,12,19,21-26,28,31-32,34,36-38H,8-11,13-14,29H2,(H,30,39). The van der Waals surface area contributed by atoms with Crippen LogP contribution in [0.4, 0.5) is 5.69 Å². The van der Waals surface area contributed by atoms with Gasteiger partial charge in [-0.15, -0.1) is 0 Å². The van der Waals surface area contributed by atoms with Crippen LogP contribution in [-0.4, -0.2) is 112 Å². The fourth-order valence-corrected chi connectivity index (χ4v) is 5.94. The maximum atomic E-state index is 13.7. The van der Waals surface area contributed by atoms with Crippen molar-refractivity contribution in [1.29, 1.82) is 0 Å². The number of hydrogen-bond acceptors (Lipinski definition) is 12. The fourth-order valence-electron chi connectivity index (χ4n) is 5.03. The van der Waals surface area contributed by atoms with Gasteiger partial charge in [0.25, 0.3) is 0 Å². The molecular weight excluding hydrogens is 566 g/mol. The van der Waals surface area contributed by atoms with E-state index in [1.54, 1.807) is 47.0 Å². The molecule has 9 N–H and O–H groups in total. The number of ether oxygens (including phenoxy) is 2. The van der Waals surface area contributed by atoms with Gasteiger partial charge in [0.15, 0.2) is 0 Å². The lowest BCUT2D eigenvalue weighted by atomic mass is 9.99. The fraction of sp³-hybridized carbons (Fsp3) is 0.500. The Bertz CT molecular complexity index is 1250. The Balaban J connectivity index is 1.39. The molecule has 3 saturated heterocycles. The van der Waals surface area contributed by atoms with Crippen LogP contribution in [0.2, 0.25) is 0 Å². The smallest absolute Gasteiger partial charge is 0.247 e. The molecule has 14 heteroatoms. The van der Waals surface area contributed by atoms with Crippen molar-refractivity contribution >= 4 is 29.3 Å². The van der Waals surface area contributed by atoms with Crippen LogP contribution in [0.3, 0.4) is 0 Å². The van der Waals surface area contributed by atoms with E-state index in [1.807, 2.05) is 18.2 Å². The maximum absolute atomic E-state index is 13.7. The Morgan fingerprint density at radius 1 is 1.10 bits per heavy atom. The molecule has 0 aliphatic carbocycles. The molecule has 8 unspecified atom stereocenters. The molecule has 228 valence electrons. The largest absolute Gasteiger partial charge is 0.462 e. The average molecular weight is 604 g/mol. The molecule has 3 fully saturated rings. The highest BCUT2D eigenvalue weighted by Crippen LogP contribution is 2.33. The van der Waals surface area contributed by atoms with E-state index in [9.17, 15) is 30.0 Å². The van der Waals surface area contributed by atoms with E-state index >= 15 is 0 Å². The van der Waals surface area contributed by atoms with Crippen LogP contribution >= 0.6 is 11.8 Å². The van der Waals surface area contributed by atoms with Gasteiger partial charge in [0.2, 0.25) is 18.1 Å². The number of thioether (sulfide) groups is 1. The number of hydrogen-bond donors (Lipinski definition) is 8. The summed E-state index contributed by atoms with van der Waals surface area (Å²) in [5, 5.41) is 49.6. The van der Waals surface area contributed by atoms with Gasteiger partial charge in [-0.05, 0) is 23.8 Å². The number of carbonyl (C=O) groups excluding carboxylic acids is 2. The highest BCUT2D eigenvalue weighted by Gasteiger charge is 2.45. The molecular formula is C28H37N5O8S. The van der Waals surface area contributed by atoms with Gasteiger partial charge >= 0.3 is 0 Å². The molecule has 2 aromatic carbocycles. The number of amides is 2. The van der Waals surface area contributed by atoms with Gasteiger partial charge < -0.3 is 51.2 Å². The summed E-state index contributed by atoms with van der Waals surface area (Å²) in [6, 6.07) is 13.0. The lowest BCUT2D eigenvalue weighted by Gasteiger charge is -2.40. The Morgan fingerprint density at radius 3 is 2.55 bits per heavy atom. The first-order valence-electron chi connectivity index (χ1n) is 13.8. The molecule has 0 spiro atoms. The van der Waals surface area contributed by atoms with E-state index in [0.717, 1.165) is 17.1 Å². The van der Waals surface area contributed by atoms with Gasteiger partial charge in [0, 0.05) is 35.8 Å². The Morgan fingerprint density at radius 2 is 1.83 bits per heavy atom. The van der Waals surface area contributed by atoms with Crippen LogP contribution in [0, 0.1) is 0 Å². The Kier molecular flexibility index (Phi) is 9.85. The molecule has 0 aromatic heterocycles. The van der Waals surface area contributed by atoms with Crippen LogP contribution in [0.25, 0.3) is 0 Å². The Hall–Kier alpha value is -2.95. The first-order valence-corrected chi connectivity index (χ1v) is 15.0.